The molecule has 0 radical (unpaired) electrons. The molecule has 0 aromatic heterocycles. The fourth-order valence-electron chi connectivity index (χ4n) is 1.47. The first-order valence-corrected chi connectivity index (χ1v) is 6.16. The van der Waals surface area contributed by atoms with Crippen molar-refractivity contribution in [2.75, 3.05) is 14.2 Å². The average Bonchev–Trinajstić information content (AvgIpc) is 2.36. The third kappa shape index (κ3) is 3.36. The molecule has 0 saturated heterocycles. The monoisotopic (exact) mass is 317 g/mol. The minimum atomic E-state index is -0.895. The van der Waals surface area contributed by atoms with E-state index in [-0.39, 0.29) is 0 Å². The molecule has 1 unspecified atom stereocenters. The lowest BCUT2D eigenvalue weighted by atomic mass is 10.1. The first kappa shape index (κ1) is 14.8. The number of methoxy groups -OCH3 is 2. The van der Waals surface area contributed by atoms with Crippen molar-refractivity contribution in [3.05, 3.63) is 22.2 Å². The van der Waals surface area contributed by atoms with Crippen molar-refractivity contribution in [2.24, 2.45) is 0 Å². The fraction of sp³-hybridized carbons (Fsp3) is 0.417. The van der Waals surface area contributed by atoms with Crippen LogP contribution in [0.5, 0.6) is 11.5 Å². The van der Waals surface area contributed by atoms with E-state index in [1.165, 1.54) is 0 Å². The molecule has 0 bridgehead atoms. The lowest BCUT2D eigenvalue weighted by molar-refractivity contribution is -0.139. The largest absolute Gasteiger partial charge is 0.493 e. The van der Waals surface area contributed by atoms with Gasteiger partial charge in [-0.1, -0.05) is 15.9 Å². The molecule has 0 fully saturated rings. The van der Waals surface area contributed by atoms with Crippen LogP contribution in [0.15, 0.2) is 16.6 Å². The predicted octanol–water partition coefficient (Wildman–Crippen LogP) is 2.03. The first-order chi connectivity index (χ1) is 8.51. The highest BCUT2D eigenvalue weighted by molar-refractivity contribution is 9.10. The van der Waals surface area contributed by atoms with Crippen LogP contribution in [0.1, 0.15) is 12.5 Å². The highest BCUT2D eigenvalue weighted by Gasteiger charge is 2.16. The Bertz CT molecular complexity index is 436. The van der Waals surface area contributed by atoms with E-state index in [0.29, 0.717) is 18.0 Å². The highest BCUT2D eigenvalue weighted by atomic mass is 79.9. The zero-order valence-corrected chi connectivity index (χ0v) is 12.1. The van der Waals surface area contributed by atoms with Crippen molar-refractivity contribution in [3.63, 3.8) is 0 Å². The number of ether oxygens (including phenoxy) is 2. The molecule has 5 nitrogen and oxygen atoms in total. The van der Waals surface area contributed by atoms with Gasteiger partial charge in [-0.2, -0.15) is 0 Å². The van der Waals surface area contributed by atoms with Gasteiger partial charge in [0.15, 0.2) is 11.5 Å². The van der Waals surface area contributed by atoms with Gasteiger partial charge in [0.2, 0.25) is 0 Å². The first-order valence-electron chi connectivity index (χ1n) is 5.36. The molecule has 1 aromatic rings. The summed E-state index contributed by atoms with van der Waals surface area (Å²) in [5, 5.41) is 11.7. The number of benzene rings is 1. The zero-order valence-electron chi connectivity index (χ0n) is 10.5. The normalized spacial score (nSPS) is 12.0. The molecule has 0 aliphatic heterocycles. The molecular formula is C12H16BrNO4. The molecule has 18 heavy (non-hydrogen) atoms. The Morgan fingerprint density at radius 2 is 2.11 bits per heavy atom. The van der Waals surface area contributed by atoms with Gasteiger partial charge in [-0.25, -0.2) is 0 Å². The molecular weight excluding hydrogens is 302 g/mol. The molecule has 2 N–H and O–H groups in total. The van der Waals surface area contributed by atoms with Crippen molar-refractivity contribution >= 4 is 21.9 Å². The number of hydrogen-bond acceptors (Lipinski definition) is 4. The Morgan fingerprint density at radius 1 is 1.44 bits per heavy atom. The summed E-state index contributed by atoms with van der Waals surface area (Å²) >= 11 is 3.42. The number of carboxylic acid groups (broad SMARTS) is 1. The van der Waals surface area contributed by atoms with E-state index in [1.54, 1.807) is 27.2 Å². The summed E-state index contributed by atoms with van der Waals surface area (Å²) in [5.41, 5.74) is 0.824. The van der Waals surface area contributed by atoms with E-state index < -0.39 is 12.0 Å². The molecule has 100 valence electrons. The SMILES string of the molecule is COc1ccc(Br)c(CNC(C)C(=O)O)c1OC. The number of halogens is 1. The van der Waals surface area contributed by atoms with Crippen LogP contribution in [0, 0.1) is 0 Å². The third-order valence-electron chi connectivity index (χ3n) is 2.55. The molecule has 0 amide bonds. The topological polar surface area (TPSA) is 67.8 Å². The standard InChI is InChI=1S/C12H16BrNO4/c1-7(12(15)16)14-6-8-9(13)4-5-10(17-2)11(8)18-3/h4-5,7,14H,6H2,1-3H3,(H,15,16). The summed E-state index contributed by atoms with van der Waals surface area (Å²) in [6.45, 7) is 1.96. The molecule has 1 aromatic carbocycles. The maximum Gasteiger partial charge on any atom is 0.320 e. The molecule has 1 atom stereocenters. The number of rotatable bonds is 6. The van der Waals surface area contributed by atoms with Crippen LogP contribution in [-0.2, 0) is 11.3 Å². The summed E-state index contributed by atoms with van der Waals surface area (Å²) in [5.74, 6) is 0.311. The smallest absolute Gasteiger partial charge is 0.320 e. The molecule has 0 spiro atoms. The van der Waals surface area contributed by atoms with Crippen LogP contribution in [0.25, 0.3) is 0 Å². The predicted molar refractivity (Wildman–Crippen MR) is 71.2 cm³/mol. The van der Waals surface area contributed by atoms with E-state index in [9.17, 15) is 4.79 Å². The fourth-order valence-corrected chi connectivity index (χ4v) is 1.93. The van der Waals surface area contributed by atoms with Gasteiger partial charge in [-0.3, -0.25) is 4.79 Å². The van der Waals surface area contributed by atoms with Crippen LogP contribution >= 0.6 is 15.9 Å². The van der Waals surface area contributed by atoms with Crippen LogP contribution in [0.2, 0.25) is 0 Å². The Hall–Kier alpha value is -1.27. The van der Waals surface area contributed by atoms with Crippen molar-refractivity contribution in [1.82, 2.24) is 5.32 Å². The Morgan fingerprint density at radius 3 is 2.61 bits per heavy atom. The number of nitrogens with one attached hydrogen (secondary N) is 1. The minimum Gasteiger partial charge on any atom is -0.493 e. The average molecular weight is 318 g/mol. The Kier molecular flexibility index (Phi) is 5.43. The summed E-state index contributed by atoms with van der Waals surface area (Å²) in [6.07, 6.45) is 0. The summed E-state index contributed by atoms with van der Waals surface area (Å²) in [6, 6.07) is 2.99. The minimum absolute atomic E-state index is 0.369. The maximum absolute atomic E-state index is 10.8. The number of carbonyl (C=O) groups is 1. The molecule has 1 rings (SSSR count). The van der Waals surface area contributed by atoms with Crippen molar-refractivity contribution in [3.8, 4) is 11.5 Å². The summed E-state index contributed by atoms with van der Waals surface area (Å²) in [7, 11) is 3.11. The second-order valence-corrected chi connectivity index (χ2v) is 4.56. The van der Waals surface area contributed by atoms with Gasteiger partial charge in [0.05, 0.1) is 14.2 Å². The van der Waals surface area contributed by atoms with Crippen LogP contribution in [0.3, 0.4) is 0 Å². The van der Waals surface area contributed by atoms with E-state index in [2.05, 4.69) is 21.2 Å². The second-order valence-electron chi connectivity index (χ2n) is 3.70. The number of carboxylic acids is 1. The van der Waals surface area contributed by atoms with Gasteiger partial charge in [0.1, 0.15) is 6.04 Å². The summed E-state index contributed by atoms with van der Waals surface area (Å²) < 4.78 is 11.3. The number of aliphatic carboxylic acids is 1. The van der Waals surface area contributed by atoms with Gasteiger partial charge in [0, 0.05) is 16.6 Å². The molecule has 0 aliphatic rings. The van der Waals surface area contributed by atoms with Crippen molar-refractivity contribution < 1.29 is 19.4 Å². The molecule has 0 aliphatic carbocycles. The molecule has 0 saturated carbocycles. The van der Waals surface area contributed by atoms with E-state index in [1.807, 2.05) is 6.07 Å². The van der Waals surface area contributed by atoms with Crippen molar-refractivity contribution in [1.29, 1.82) is 0 Å². The van der Waals surface area contributed by atoms with E-state index in [4.69, 9.17) is 14.6 Å². The molecule has 0 heterocycles. The number of hydrogen-bond donors (Lipinski definition) is 2. The van der Waals surface area contributed by atoms with E-state index >= 15 is 0 Å². The summed E-state index contributed by atoms with van der Waals surface area (Å²) in [4.78, 5) is 10.8. The van der Waals surface area contributed by atoms with Crippen LogP contribution in [-0.4, -0.2) is 31.3 Å². The maximum atomic E-state index is 10.8. The van der Waals surface area contributed by atoms with E-state index in [0.717, 1.165) is 10.0 Å². The van der Waals surface area contributed by atoms with Gasteiger partial charge in [-0.15, -0.1) is 0 Å². The zero-order chi connectivity index (χ0) is 13.7. The van der Waals surface area contributed by atoms with Gasteiger partial charge in [0.25, 0.3) is 0 Å². The Labute approximate surface area is 114 Å². The van der Waals surface area contributed by atoms with Gasteiger partial charge < -0.3 is 19.9 Å². The third-order valence-corrected chi connectivity index (χ3v) is 3.29. The lowest BCUT2D eigenvalue weighted by Gasteiger charge is -2.16. The van der Waals surface area contributed by atoms with Gasteiger partial charge in [-0.05, 0) is 19.1 Å². The lowest BCUT2D eigenvalue weighted by Crippen LogP contribution is -2.33. The van der Waals surface area contributed by atoms with Crippen molar-refractivity contribution in [2.45, 2.75) is 19.5 Å². The highest BCUT2D eigenvalue weighted by Crippen LogP contribution is 2.35. The van der Waals surface area contributed by atoms with Gasteiger partial charge >= 0.3 is 5.97 Å². The molecule has 6 heteroatoms. The quantitative estimate of drug-likeness (QED) is 0.840. The second kappa shape index (κ2) is 6.61. The Balaban J connectivity index is 2.96. The van der Waals surface area contributed by atoms with Crippen LogP contribution in [0.4, 0.5) is 0 Å². The van der Waals surface area contributed by atoms with Crippen LogP contribution < -0.4 is 14.8 Å².